The van der Waals surface area contributed by atoms with Gasteiger partial charge < -0.3 is 4.90 Å². The van der Waals surface area contributed by atoms with Crippen LogP contribution >= 0.6 is 11.6 Å². The number of halogens is 1. The van der Waals surface area contributed by atoms with Crippen molar-refractivity contribution in [2.24, 2.45) is 13.0 Å². The van der Waals surface area contributed by atoms with E-state index in [9.17, 15) is 0 Å². The summed E-state index contributed by atoms with van der Waals surface area (Å²) in [5.41, 5.74) is 2.48. The van der Waals surface area contributed by atoms with Crippen LogP contribution < -0.4 is 0 Å². The Bertz CT molecular complexity index is 686. The fraction of sp³-hybridized carbons (Fsp3) is 0.579. The summed E-state index contributed by atoms with van der Waals surface area (Å²) in [6, 6.07) is 2.46. The minimum absolute atomic E-state index is 0.447. The Labute approximate surface area is 155 Å². The summed E-state index contributed by atoms with van der Waals surface area (Å²) < 4.78 is 1.91. The minimum atomic E-state index is 0.447. The Morgan fingerprint density at radius 2 is 2.20 bits per heavy atom. The van der Waals surface area contributed by atoms with Gasteiger partial charge in [-0.15, -0.1) is 0 Å². The van der Waals surface area contributed by atoms with Crippen molar-refractivity contribution in [3.8, 4) is 0 Å². The highest BCUT2D eigenvalue weighted by Crippen LogP contribution is 2.36. The second-order valence-electron chi connectivity index (χ2n) is 7.09. The number of hydrogen-bond donors (Lipinski definition) is 0. The van der Waals surface area contributed by atoms with Gasteiger partial charge in [0.05, 0.1) is 11.2 Å². The molecule has 25 heavy (non-hydrogen) atoms. The molecule has 0 aromatic carbocycles. The molecule has 2 aromatic rings. The number of aromatic nitrogens is 3. The van der Waals surface area contributed by atoms with Crippen LogP contribution in [0.5, 0.6) is 0 Å². The monoisotopic (exact) mass is 361 g/mol. The van der Waals surface area contributed by atoms with E-state index in [1.54, 1.807) is 6.20 Å². The second-order valence-corrected chi connectivity index (χ2v) is 7.49. The van der Waals surface area contributed by atoms with Crippen molar-refractivity contribution in [2.75, 3.05) is 26.7 Å². The molecular formula is C19H28ClN5. The smallest absolute Gasteiger partial charge is 0.0634 e. The first-order chi connectivity index (χ1) is 12.1. The van der Waals surface area contributed by atoms with Gasteiger partial charge in [0.25, 0.3) is 0 Å². The van der Waals surface area contributed by atoms with Gasteiger partial charge in [0, 0.05) is 50.3 Å². The molecule has 0 bridgehead atoms. The molecule has 2 aromatic heterocycles. The molecular weight excluding hydrogens is 334 g/mol. The van der Waals surface area contributed by atoms with Crippen LogP contribution in [-0.4, -0.2) is 51.2 Å². The average Bonchev–Trinajstić information content (AvgIpc) is 3.02. The number of piperidine rings is 1. The van der Waals surface area contributed by atoms with Crippen molar-refractivity contribution in [1.82, 2.24) is 24.6 Å². The van der Waals surface area contributed by atoms with E-state index in [2.05, 4.69) is 40.1 Å². The number of nitrogens with zero attached hydrogens (tertiary/aromatic N) is 5. The van der Waals surface area contributed by atoms with Crippen LogP contribution in [-0.2, 0) is 13.6 Å². The first-order valence-electron chi connectivity index (χ1n) is 9.08. The van der Waals surface area contributed by atoms with Gasteiger partial charge in [-0.2, -0.15) is 5.10 Å². The highest BCUT2D eigenvalue weighted by Gasteiger charge is 2.33. The fourth-order valence-electron chi connectivity index (χ4n) is 4.06. The van der Waals surface area contributed by atoms with Gasteiger partial charge in [-0.1, -0.05) is 18.5 Å². The Hall–Kier alpha value is -1.43. The third kappa shape index (κ3) is 4.40. The molecule has 0 radical (unpaired) electrons. The molecule has 3 rings (SSSR count). The quantitative estimate of drug-likeness (QED) is 0.790. The topological polar surface area (TPSA) is 37.2 Å². The van der Waals surface area contributed by atoms with Gasteiger partial charge in [-0.3, -0.25) is 14.6 Å². The van der Waals surface area contributed by atoms with Crippen LogP contribution in [0.15, 0.2) is 30.9 Å². The summed E-state index contributed by atoms with van der Waals surface area (Å²) in [6.45, 7) is 6.41. The highest BCUT2D eigenvalue weighted by atomic mass is 35.5. The number of pyridine rings is 1. The van der Waals surface area contributed by atoms with Crippen molar-refractivity contribution in [3.63, 3.8) is 0 Å². The third-order valence-corrected chi connectivity index (χ3v) is 5.52. The molecule has 1 saturated heterocycles. The van der Waals surface area contributed by atoms with E-state index in [1.165, 1.54) is 24.9 Å². The van der Waals surface area contributed by atoms with Crippen molar-refractivity contribution < 1.29 is 0 Å². The predicted octanol–water partition coefficient (Wildman–Crippen LogP) is 3.37. The van der Waals surface area contributed by atoms with E-state index < -0.39 is 0 Å². The number of likely N-dealkylation sites (tertiary alicyclic amines) is 1. The molecule has 1 fully saturated rings. The summed E-state index contributed by atoms with van der Waals surface area (Å²) in [6.07, 6.45) is 10.3. The van der Waals surface area contributed by atoms with Gasteiger partial charge in [-0.05, 0) is 50.5 Å². The normalized spacial score (nSPS) is 21.8. The molecule has 0 unspecified atom stereocenters. The van der Waals surface area contributed by atoms with Gasteiger partial charge in [0.1, 0.15) is 0 Å². The van der Waals surface area contributed by atoms with Crippen LogP contribution in [0.3, 0.4) is 0 Å². The maximum absolute atomic E-state index is 6.28. The van der Waals surface area contributed by atoms with Crippen LogP contribution in [0.25, 0.3) is 0 Å². The van der Waals surface area contributed by atoms with Crippen molar-refractivity contribution in [2.45, 2.75) is 32.4 Å². The SMILES string of the molecule is CCN1CCC[C@@H](CN(C)Cc2ccncc2Cl)[C@@H]1c1cnn(C)c1. The van der Waals surface area contributed by atoms with E-state index in [4.69, 9.17) is 11.6 Å². The van der Waals surface area contributed by atoms with E-state index in [0.29, 0.717) is 12.0 Å². The average molecular weight is 362 g/mol. The first kappa shape index (κ1) is 18.4. The van der Waals surface area contributed by atoms with Crippen LogP contribution in [0.2, 0.25) is 5.02 Å². The second kappa shape index (κ2) is 8.30. The van der Waals surface area contributed by atoms with Crippen molar-refractivity contribution in [1.29, 1.82) is 0 Å². The lowest BCUT2D eigenvalue weighted by Crippen LogP contribution is -2.42. The Kier molecular flexibility index (Phi) is 6.10. The van der Waals surface area contributed by atoms with Crippen molar-refractivity contribution >= 4 is 11.6 Å². The lowest BCUT2D eigenvalue weighted by atomic mass is 9.85. The van der Waals surface area contributed by atoms with Gasteiger partial charge >= 0.3 is 0 Å². The van der Waals surface area contributed by atoms with Crippen LogP contribution in [0, 0.1) is 5.92 Å². The predicted molar refractivity (Wildman–Crippen MR) is 102 cm³/mol. The molecule has 0 spiro atoms. The summed E-state index contributed by atoms with van der Waals surface area (Å²) in [5.74, 6) is 0.600. The molecule has 136 valence electrons. The molecule has 3 heterocycles. The third-order valence-electron chi connectivity index (χ3n) is 5.18. The van der Waals surface area contributed by atoms with E-state index in [1.807, 2.05) is 30.2 Å². The van der Waals surface area contributed by atoms with E-state index in [-0.39, 0.29) is 0 Å². The largest absolute Gasteiger partial charge is 0.302 e. The van der Waals surface area contributed by atoms with E-state index in [0.717, 1.165) is 30.2 Å². The zero-order valence-corrected chi connectivity index (χ0v) is 16.2. The summed E-state index contributed by atoms with van der Waals surface area (Å²) in [7, 11) is 4.18. The number of aryl methyl sites for hydroxylation is 1. The Morgan fingerprint density at radius 1 is 1.36 bits per heavy atom. The zero-order chi connectivity index (χ0) is 17.8. The maximum Gasteiger partial charge on any atom is 0.0634 e. The molecule has 1 aliphatic rings. The van der Waals surface area contributed by atoms with Crippen LogP contribution in [0.1, 0.15) is 36.9 Å². The Morgan fingerprint density at radius 3 is 2.88 bits per heavy atom. The molecule has 0 saturated carbocycles. The highest BCUT2D eigenvalue weighted by molar-refractivity contribution is 6.31. The lowest BCUT2D eigenvalue weighted by Gasteiger charge is -2.42. The molecule has 0 amide bonds. The summed E-state index contributed by atoms with van der Waals surface area (Å²) in [4.78, 5) is 9.06. The molecule has 0 aliphatic carbocycles. The lowest BCUT2D eigenvalue weighted by molar-refractivity contribution is 0.0749. The minimum Gasteiger partial charge on any atom is -0.302 e. The fourth-order valence-corrected chi connectivity index (χ4v) is 4.24. The first-order valence-corrected chi connectivity index (χ1v) is 9.45. The molecule has 2 atom stereocenters. The summed E-state index contributed by atoms with van der Waals surface area (Å²) >= 11 is 6.28. The van der Waals surface area contributed by atoms with Crippen molar-refractivity contribution in [3.05, 3.63) is 47.0 Å². The van der Waals surface area contributed by atoms with E-state index >= 15 is 0 Å². The number of hydrogen-bond acceptors (Lipinski definition) is 4. The Balaban J connectivity index is 1.73. The van der Waals surface area contributed by atoms with Gasteiger partial charge in [0.2, 0.25) is 0 Å². The summed E-state index contributed by atoms with van der Waals surface area (Å²) in [5, 5.41) is 5.15. The van der Waals surface area contributed by atoms with Gasteiger partial charge in [0.15, 0.2) is 0 Å². The standard InChI is InChI=1S/C19H28ClN5/c1-4-25-9-5-6-16(19(25)17-10-22-24(3)14-17)13-23(2)12-15-7-8-21-11-18(15)20/h7-8,10-11,14,16,19H,4-6,9,12-13H2,1-3H3/t16-,19+/m0/s1. The molecule has 0 N–H and O–H groups in total. The number of rotatable bonds is 6. The zero-order valence-electron chi connectivity index (χ0n) is 15.4. The molecule has 5 nitrogen and oxygen atoms in total. The molecule has 1 aliphatic heterocycles. The van der Waals surface area contributed by atoms with Crippen LogP contribution in [0.4, 0.5) is 0 Å². The molecule has 6 heteroatoms. The maximum atomic E-state index is 6.28. The van der Waals surface area contributed by atoms with Gasteiger partial charge in [-0.25, -0.2) is 0 Å².